The van der Waals surface area contributed by atoms with Crippen molar-refractivity contribution in [2.24, 2.45) is 0 Å². The Labute approximate surface area is 81.2 Å². The second kappa shape index (κ2) is 4.27. The average molecular weight is 199 g/mol. The van der Waals surface area contributed by atoms with Gasteiger partial charge in [0.05, 0.1) is 0 Å². The van der Waals surface area contributed by atoms with Gasteiger partial charge in [-0.3, -0.25) is 0 Å². The third kappa shape index (κ3) is 2.45. The molecule has 0 aromatic heterocycles. The summed E-state index contributed by atoms with van der Waals surface area (Å²) < 4.78 is 13.1. The molecule has 0 radical (unpaired) electrons. The Morgan fingerprint density at radius 2 is 2.31 bits per heavy atom. The van der Waals surface area contributed by atoms with E-state index in [1.165, 1.54) is 12.1 Å². The minimum Gasteiger partial charge on any atom is -0.380 e. The fourth-order valence-corrected chi connectivity index (χ4v) is 1.22. The molecule has 1 atom stereocenters. The molecule has 0 saturated heterocycles. The van der Waals surface area contributed by atoms with Crippen LogP contribution in [0.5, 0.6) is 0 Å². The minimum absolute atomic E-state index is 0.0437. The smallest absolute Gasteiger partial charge is 0.128 e. The lowest BCUT2D eigenvalue weighted by Crippen LogP contribution is -2.08. The second-order valence-corrected chi connectivity index (χ2v) is 2.99. The van der Waals surface area contributed by atoms with E-state index in [4.69, 9.17) is 23.1 Å². The molecule has 0 amide bonds. The third-order valence-corrected chi connectivity index (χ3v) is 2.01. The van der Waals surface area contributed by atoms with Crippen LogP contribution < -0.4 is 0 Å². The fraction of sp³-hybridized carbons (Fsp3) is 0.200. The van der Waals surface area contributed by atoms with E-state index in [-0.39, 0.29) is 17.0 Å². The van der Waals surface area contributed by atoms with Crippen LogP contribution in [0.1, 0.15) is 5.56 Å². The second-order valence-electron chi connectivity index (χ2n) is 2.59. The number of hydrogen-bond donors (Lipinski definition) is 1. The monoisotopic (exact) mass is 198 g/mol. The SMILES string of the molecule is C#CC(O)Cc1c(F)cccc1Cl. The van der Waals surface area contributed by atoms with Gasteiger partial charge in [-0.1, -0.05) is 23.6 Å². The van der Waals surface area contributed by atoms with Crippen LogP contribution in [0.3, 0.4) is 0 Å². The molecule has 0 spiro atoms. The van der Waals surface area contributed by atoms with Crippen LogP contribution in [-0.4, -0.2) is 11.2 Å². The first-order chi connectivity index (χ1) is 6.15. The highest BCUT2D eigenvalue weighted by atomic mass is 35.5. The van der Waals surface area contributed by atoms with E-state index in [0.717, 1.165) is 0 Å². The van der Waals surface area contributed by atoms with Crippen LogP contribution in [0.4, 0.5) is 4.39 Å². The van der Waals surface area contributed by atoms with Gasteiger partial charge in [0.25, 0.3) is 0 Å². The van der Waals surface area contributed by atoms with Crippen LogP contribution in [0.25, 0.3) is 0 Å². The maximum absolute atomic E-state index is 13.1. The van der Waals surface area contributed by atoms with Gasteiger partial charge in [-0.25, -0.2) is 4.39 Å². The van der Waals surface area contributed by atoms with Gasteiger partial charge in [0.2, 0.25) is 0 Å². The van der Waals surface area contributed by atoms with Gasteiger partial charge >= 0.3 is 0 Å². The number of rotatable bonds is 2. The highest BCUT2D eigenvalue weighted by Crippen LogP contribution is 2.20. The first kappa shape index (κ1) is 10.0. The lowest BCUT2D eigenvalue weighted by Gasteiger charge is -2.06. The van der Waals surface area contributed by atoms with Gasteiger partial charge in [0.15, 0.2) is 0 Å². The first-order valence-corrected chi connectivity index (χ1v) is 4.10. The molecule has 1 unspecified atom stereocenters. The molecule has 1 N–H and O–H groups in total. The largest absolute Gasteiger partial charge is 0.380 e. The van der Waals surface area contributed by atoms with Gasteiger partial charge in [-0.05, 0) is 12.1 Å². The van der Waals surface area contributed by atoms with Crippen molar-refractivity contribution < 1.29 is 9.50 Å². The van der Waals surface area contributed by atoms with Crippen molar-refractivity contribution in [3.63, 3.8) is 0 Å². The molecule has 1 aromatic carbocycles. The molecule has 1 nitrogen and oxygen atoms in total. The Morgan fingerprint density at radius 3 is 2.85 bits per heavy atom. The molecule has 68 valence electrons. The van der Waals surface area contributed by atoms with E-state index in [9.17, 15) is 4.39 Å². The highest BCUT2D eigenvalue weighted by Gasteiger charge is 2.10. The normalized spacial score (nSPS) is 12.2. The van der Waals surface area contributed by atoms with E-state index in [1.54, 1.807) is 6.07 Å². The lowest BCUT2D eigenvalue weighted by atomic mass is 10.1. The van der Waals surface area contributed by atoms with Crippen molar-refractivity contribution in [1.29, 1.82) is 0 Å². The summed E-state index contributed by atoms with van der Waals surface area (Å²) >= 11 is 5.71. The Kier molecular flexibility index (Phi) is 3.30. The number of hydrogen-bond acceptors (Lipinski definition) is 1. The van der Waals surface area contributed by atoms with E-state index in [1.807, 2.05) is 0 Å². The maximum atomic E-state index is 13.1. The summed E-state index contributed by atoms with van der Waals surface area (Å²) in [6, 6.07) is 4.34. The number of terminal acetylenes is 1. The summed E-state index contributed by atoms with van der Waals surface area (Å²) in [6.07, 6.45) is 4.01. The summed E-state index contributed by atoms with van der Waals surface area (Å²) in [5.41, 5.74) is 0.259. The molecule has 0 fully saturated rings. The van der Waals surface area contributed by atoms with Crippen molar-refractivity contribution >= 4 is 11.6 Å². The molecule has 0 aliphatic heterocycles. The van der Waals surface area contributed by atoms with Crippen LogP contribution in [-0.2, 0) is 6.42 Å². The Bertz CT molecular complexity index is 323. The summed E-state index contributed by atoms with van der Waals surface area (Å²) in [4.78, 5) is 0. The van der Waals surface area contributed by atoms with Crippen molar-refractivity contribution in [1.82, 2.24) is 0 Å². The first-order valence-electron chi connectivity index (χ1n) is 3.72. The van der Waals surface area contributed by atoms with E-state index in [0.29, 0.717) is 0 Å². The fourth-order valence-electron chi connectivity index (χ4n) is 0.980. The van der Waals surface area contributed by atoms with Crippen LogP contribution in [0.15, 0.2) is 18.2 Å². The summed E-state index contributed by atoms with van der Waals surface area (Å²) in [5.74, 6) is 1.66. The van der Waals surface area contributed by atoms with Crippen molar-refractivity contribution in [2.75, 3.05) is 0 Å². The maximum Gasteiger partial charge on any atom is 0.128 e. The molecular weight excluding hydrogens is 191 g/mol. The number of aliphatic hydroxyl groups excluding tert-OH is 1. The van der Waals surface area contributed by atoms with Crippen LogP contribution >= 0.6 is 11.6 Å². The zero-order valence-corrected chi connectivity index (χ0v) is 7.55. The summed E-state index contributed by atoms with van der Waals surface area (Å²) in [6.45, 7) is 0. The Morgan fingerprint density at radius 1 is 1.62 bits per heavy atom. The molecule has 1 rings (SSSR count). The van der Waals surface area contributed by atoms with Crippen molar-refractivity contribution in [2.45, 2.75) is 12.5 Å². The zero-order valence-electron chi connectivity index (χ0n) is 6.80. The van der Waals surface area contributed by atoms with Crippen molar-refractivity contribution in [3.8, 4) is 12.3 Å². The van der Waals surface area contributed by atoms with Gasteiger partial charge in [-0.2, -0.15) is 0 Å². The molecular formula is C10H8ClFO. The van der Waals surface area contributed by atoms with E-state index < -0.39 is 11.9 Å². The summed E-state index contributed by atoms with van der Waals surface area (Å²) in [5, 5.41) is 9.39. The molecule has 13 heavy (non-hydrogen) atoms. The predicted octanol–water partition coefficient (Wildman–Crippen LogP) is 2.02. The predicted molar refractivity (Wildman–Crippen MR) is 50.0 cm³/mol. The molecule has 0 bridgehead atoms. The molecule has 1 aromatic rings. The summed E-state index contributed by atoms with van der Waals surface area (Å²) in [7, 11) is 0. The quantitative estimate of drug-likeness (QED) is 0.721. The Balaban J connectivity index is 2.95. The Hall–Kier alpha value is -1.04. The standard InChI is InChI=1S/C10H8ClFO/c1-2-7(13)6-8-9(11)4-3-5-10(8)12/h1,3-5,7,13H,6H2. The van der Waals surface area contributed by atoms with Gasteiger partial charge in [-0.15, -0.1) is 6.42 Å². The average Bonchev–Trinajstić information content (AvgIpc) is 2.11. The van der Waals surface area contributed by atoms with Crippen LogP contribution in [0, 0.1) is 18.2 Å². The molecule has 0 aliphatic carbocycles. The van der Waals surface area contributed by atoms with E-state index >= 15 is 0 Å². The third-order valence-electron chi connectivity index (χ3n) is 1.65. The molecule has 0 saturated carbocycles. The lowest BCUT2D eigenvalue weighted by molar-refractivity contribution is 0.232. The molecule has 0 heterocycles. The van der Waals surface area contributed by atoms with Gasteiger partial charge in [0.1, 0.15) is 11.9 Å². The minimum atomic E-state index is -0.991. The number of benzene rings is 1. The number of halogens is 2. The molecule has 0 aliphatic rings. The number of aliphatic hydroxyl groups is 1. The van der Waals surface area contributed by atoms with E-state index in [2.05, 4.69) is 5.92 Å². The topological polar surface area (TPSA) is 20.2 Å². The highest BCUT2D eigenvalue weighted by molar-refractivity contribution is 6.31. The van der Waals surface area contributed by atoms with Crippen LogP contribution in [0.2, 0.25) is 5.02 Å². The van der Waals surface area contributed by atoms with Crippen molar-refractivity contribution in [3.05, 3.63) is 34.6 Å². The molecule has 3 heteroatoms. The van der Waals surface area contributed by atoms with Gasteiger partial charge < -0.3 is 5.11 Å². The zero-order chi connectivity index (χ0) is 9.84. The van der Waals surface area contributed by atoms with Gasteiger partial charge in [0, 0.05) is 17.0 Å².